The van der Waals surface area contributed by atoms with E-state index in [0.717, 1.165) is 10.0 Å². The number of aromatic nitrogens is 3. The van der Waals surface area contributed by atoms with E-state index < -0.39 is 0 Å². The number of aromatic amines is 1. The molecule has 1 heterocycles. The molecule has 6 nitrogen and oxygen atoms in total. The molecule has 2 rings (SSSR count). The first-order valence-electron chi connectivity index (χ1n) is 5.14. The van der Waals surface area contributed by atoms with Gasteiger partial charge in [-0.1, -0.05) is 12.1 Å². The van der Waals surface area contributed by atoms with Gasteiger partial charge in [-0.2, -0.15) is 4.98 Å². The Labute approximate surface area is 112 Å². The van der Waals surface area contributed by atoms with Crippen LogP contribution < -0.4 is 10.1 Å². The lowest BCUT2D eigenvalue weighted by molar-refractivity contribution is 0.102. The summed E-state index contributed by atoms with van der Waals surface area (Å²) in [5.41, 5.74) is 1.52. The van der Waals surface area contributed by atoms with E-state index in [2.05, 4.69) is 36.4 Å². The van der Waals surface area contributed by atoms with Crippen molar-refractivity contribution < 1.29 is 9.53 Å². The third-order valence-electron chi connectivity index (χ3n) is 2.32. The molecule has 0 fully saturated rings. The van der Waals surface area contributed by atoms with Crippen molar-refractivity contribution in [3.05, 3.63) is 33.8 Å². The first kappa shape index (κ1) is 12.6. The monoisotopic (exact) mass is 310 g/mol. The molecule has 0 atom stereocenters. The number of rotatable bonds is 3. The second-order valence-electron chi connectivity index (χ2n) is 3.56. The van der Waals surface area contributed by atoms with Crippen LogP contribution in [0.1, 0.15) is 15.9 Å². The van der Waals surface area contributed by atoms with Gasteiger partial charge in [0.05, 0.1) is 12.7 Å². The lowest BCUT2D eigenvalue weighted by Gasteiger charge is -2.05. The standard InChI is InChI=1S/C11H11BrN4O2/c1-6-4-3-5-7(8(6)12)9(17)13-10-14-11(18-2)16-15-10/h3-5H,1-2H3,(H2,13,14,15,16,17). The number of ether oxygens (including phenoxy) is 1. The fraction of sp³-hybridized carbons (Fsp3) is 0.182. The fourth-order valence-corrected chi connectivity index (χ4v) is 1.84. The highest BCUT2D eigenvalue weighted by Gasteiger charge is 2.13. The van der Waals surface area contributed by atoms with Crippen LogP contribution in [-0.2, 0) is 0 Å². The van der Waals surface area contributed by atoms with Gasteiger partial charge in [0.1, 0.15) is 0 Å². The number of methoxy groups -OCH3 is 1. The zero-order valence-electron chi connectivity index (χ0n) is 9.82. The van der Waals surface area contributed by atoms with Crippen LogP contribution in [0.5, 0.6) is 6.01 Å². The summed E-state index contributed by atoms with van der Waals surface area (Å²) >= 11 is 3.38. The second kappa shape index (κ2) is 5.18. The number of carbonyl (C=O) groups excluding carboxylic acids is 1. The molecule has 2 aromatic rings. The molecule has 7 heteroatoms. The van der Waals surface area contributed by atoms with Crippen LogP contribution in [-0.4, -0.2) is 28.2 Å². The van der Waals surface area contributed by atoms with Gasteiger partial charge in [-0.05, 0) is 34.5 Å². The van der Waals surface area contributed by atoms with E-state index in [4.69, 9.17) is 4.74 Å². The van der Waals surface area contributed by atoms with Crippen LogP contribution in [0.15, 0.2) is 22.7 Å². The van der Waals surface area contributed by atoms with E-state index >= 15 is 0 Å². The molecule has 1 aromatic carbocycles. The number of carbonyl (C=O) groups is 1. The smallest absolute Gasteiger partial charge is 0.336 e. The van der Waals surface area contributed by atoms with E-state index in [1.165, 1.54) is 7.11 Å². The fourth-order valence-electron chi connectivity index (χ4n) is 1.39. The maximum absolute atomic E-state index is 12.0. The van der Waals surface area contributed by atoms with Crippen LogP contribution in [0.25, 0.3) is 0 Å². The Bertz CT molecular complexity index is 582. The van der Waals surface area contributed by atoms with Crippen molar-refractivity contribution in [2.45, 2.75) is 6.92 Å². The Balaban J connectivity index is 2.19. The molecular weight excluding hydrogens is 300 g/mol. The van der Waals surface area contributed by atoms with E-state index in [9.17, 15) is 4.79 Å². The lowest BCUT2D eigenvalue weighted by Crippen LogP contribution is -2.14. The maximum atomic E-state index is 12.0. The zero-order chi connectivity index (χ0) is 13.1. The van der Waals surface area contributed by atoms with Gasteiger partial charge in [0.2, 0.25) is 5.95 Å². The van der Waals surface area contributed by atoms with Crippen molar-refractivity contribution in [2.24, 2.45) is 0 Å². The van der Waals surface area contributed by atoms with Crippen LogP contribution in [0.2, 0.25) is 0 Å². The van der Waals surface area contributed by atoms with Crippen molar-refractivity contribution in [3.8, 4) is 6.01 Å². The van der Waals surface area contributed by atoms with Gasteiger partial charge in [-0.25, -0.2) is 5.10 Å². The number of anilines is 1. The molecule has 0 aliphatic rings. The predicted molar refractivity (Wildman–Crippen MR) is 69.8 cm³/mol. The van der Waals surface area contributed by atoms with E-state index in [1.807, 2.05) is 19.1 Å². The maximum Gasteiger partial charge on any atom is 0.336 e. The molecule has 18 heavy (non-hydrogen) atoms. The third kappa shape index (κ3) is 2.51. The average Bonchev–Trinajstić information content (AvgIpc) is 2.80. The van der Waals surface area contributed by atoms with Crippen LogP contribution in [0, 0.1) is 6.92 Å². The number of nitrogens with zero attached hydrogens (tertiary/aromatic N) is 2. The summed E-state index contributed by atoms with van der Waals surface area (Å²) in [6.07, 6.45) is 0. The summed E-state index contributed by atoms with van der Waals surface area (Å²) in [6.45, 7) is 1.92. The van der Waals surface area contributed by atoms with Crippen molar-refractivity contribution in [1.82, 2.24) is 15.2 Å². The predicted octanol–water partition coefficient (Wildman–Crippen LogP) is 2.14. The molecule has 0 aliphatic heterocycles. The van der Waals surface area contributed by atoms with Crippen molar-refractivity contribution in [3.63, 3.8) is 0 Å². The van der Waals surface area contributed by atoms with Gasteiger partial charge in [0.15, 0.2) is 0 Å². The topological polar surface area (TPSA) is 79.9 Å². The minimum Gasteiger partial charge on any atom is -0.466 e. The lowest BCUT2D eigenvalue weighted by atomic mass is 10.1. The second-order valence-corrected chi connectivity index (χ2v) is 4.35. The Morgan fingerprint density at radius 1 is 1.50 bits per heavy atom. The minimum atomic E-state index is -0.274. The highest BCUT2D eigenvalue weighted by molar-refractivity contribution is 9.10. The van der Waals surface area contributed by atoms with Gasteiger partial charge < -0.3 is 4.74 Å². The SMILES string of the molecule is COc1n[nH]c(NC(=O)c2cccc(C)c2Br)n1. The first-order chi connectivity index (χ1) is 8.61. The Morgan fingerprint density at radius 2 is 2.28 bits per heavy atom. The summed E-state index contributed by atoms with van der Waals surface area (Å²) in [5.74, 6) is -0.0327. The largest absolute Gasteiger partial charge is 0.466 e. The number of aryl methyl sites for hydroxylation is 1. The molecule has 1 amide bonds. The quantitative estimate of drug-likeness (QED) is 0.910. The normalized spacial score (nSPS) is 10.2. The molecule has 0 radical (unpaired) electrons. The Hall–Kier alpha value is -1.89. The molecule has 0 bridgehead atoms. The van der Waals surface area contributed by atoms with Crippen LogP contribution in [0.3, 0.4) is 0 Å². The van der Waals surface area contributed by atoms with Gasteiger partial charge in [0, 0.05) is 4.47 Å². The van der Waals surface area contributed by atoms with Crippen LogP contribution in [0.4, 0.5) is 5.95 Å². The third-order valence-corrected chi connectivity index (χ3v) is 3.37. The molecule has 0 saturated heterocycles. The zero-order valence-corrected chi connectivity index (χ0v) is 11.4. The minimum absolute atomic E-state index is 0.175. The molecule has 1 aromatic heterocycles. The molecule has 0 saturated carbocycles. The van der Waals surface area contributed by atoms with Gasteiger partial charge in [-0.3, -0.25) is 10.1 Å². The van der Waals surface area contributed by atoms with E-state index in [-0.39, 0.29) is 17.9 Å². The molecule has 2 N–H and O–H groups in total. The molecule has 0 unspecified atom stereocenters. The number of halogens is 1. The summed E-state index contributed by atoms with van der Waals surface area (Å²) in [6, 6.07) is 5.63. The molecule has 0 spiro atoms. The highest BCUT2D eigenvalue weighted by Crippen LogP contribution is 2.21. The van der Waals surface area contributed by atoms with Crippen molar-refractivity contribution in [1.29, 1.82) is 0 Å². The Morgan fingerprint density at radius 3 is 2.94 bits per heavy atom. The number of amides is 1. The van der Waals surface area contributed by atoms with Gasteiger partial charge in [-0.15, -0.1) is 5.10 Å². The van der Waals surface area contributed by atoms with Gasteiger partial charge >= 0.3 is 6.01 Å². The number of hydrogen-bond donors (Lipinski definition) is 2. The molecular formula is C11H11BrN4O2. The van der Waals surface area contributed by atoms with Crippen molar-refractivity contribution in [2.75, 3.05) is 12.4 Å². The number of hydrogen-bond acceptors (Lipinski definition) is 4. The van der Waals surface area contributed by atoms with E-state index in [0.29, 0.717) is 5.56 Å². The summed E-state index contributed by atoms with van der Waals surface area (Å²) in [5, 5.41) is 8.90. The number of H-pyrrole nitrogens is 1. The van der Waals surface area contributed by atoms with E-state index in [1.54, 1.807) is 6.07 Å². The van der Waals surface area contributed by atoms with Gasteiger partial charge in [0.25, 0.3) is 5.91 Å². The highest BCUT2D eigenvalue weighted by atomic mass is 79.9. The summed E-state index contributed by atoms with van der Waals surface area (Å²) in [7, 11) is 1.45. The molecule has 0 aliphatic carbocycles. The van der Waals surface area contributed by atoms with Crippen molar-refractivity contribution >= 4 is 27.8 Å². The van der Waals surface area contributed by atoms with Crippen LogP contribution >= 0.6 is 15.9 Å². The molecule has 94 valence electrons. The number of benzene rings is 1. The summed E-state index contributed by atoms with van der Waals surface area (Å²) < 4.78 is 5.57. The number of nitrogens with one attached hydrogen (secondary N) is 2. The summed E-state index contributed by atoms with van der Waals surface area (Å²) in [4.78, 5) is 15.9. The Kier molecular flexibility index (Phi) is 3.61. The first-order valence-corrected chi connectivity index (χ1v) is 5.94. The average molecular weight is 311 g/mol.